The summed E-state index contributed by atoms with van der Waals surface area (Å²) in [6, 6.07) is 5.35. The van der Waals surface area contributed by atoms with E-state index in [9.17, 15) is 4.79 Å². The number of hydrogen-bond donors (Lipinski definition) is 0. The molecule has 2 unspecified atom stereocenters. The fourth-order valence-corrected chi connectivity index (χ4v) is 7.32. The molecule has 198 valence electrons. The van der Waals surface area contributed by atoms with Gasteiger partial charge in [0, 0.05) is 55.7 Å². The van der Waals surface area contributed by atoms with Crippen LogP contribution in [0.4, 0.5) is 5.69 Å². The minimum Gasteiger partial charge on any atom is -0.497 e. The Labute approximate surface area is 216 Å². The zero-order valence-corrected chi connectivity index (χ0v) is 22.8. The molecule has 0 aromatic heterocycles. The van der Waals surface area contributed by atoms with E-state index in [4.69, 9.17) is 14.2 Å². The van der Waals surface area contributed by atoms with Crippen molar-refractivity contribution in [1.82, 2.24) is 9.80 Å². The van der Waals surface area contributed by atoms with Crippen LogP contribution >= 0.6 is 0 Å². The number of piperidine rings is 2. The van der Waals surface area contributed by atoms with Crippen LogP contribution in [0.2, 0.25) is 0 Å². The number of ether oxygens (including phenoxy) is 3. The van der Waals surface area contributed by atoms with Crippen LogP contribution in [0, 0.1) is 18.8 Å². The molecule has 5 rings (SSSR count). The van der Waals surface area contributed by atoms with Gasteiger partial charge in [-0.25, -0.2) is 4.79 Å². The largest absolute Gasteiger partial charge is 0.497 e. The van der Waals surface area contributed by atoms with Crippen molar-refractivity contribution >= 4 is 11.7 Å². The first kappa shape index (κ1) is 25.4. The Hall–Kier alpha value is -2.25. The number of hydrogen-bond acceptors (Lipinski definition) is 7. The first-order chi connectivity index (χ1) is 17.4. The average molecular weight is 498 g/mol. The number of esters is 1. The fraction of sp³-hybridized carbons (Fsp3) is 0.690. The van der Waals surface area contributed by atoms with Gasteiger partial charge in [0.1, 0.15) is 12.4 Å². The molecule has 0 saturated carbocycles. The highest BCUT2D eigenvalue weighted by atomic mass is 16.5. The summed E-state index contributed by atoms with van der Waals surface area (Å²) >= 11 is 0. The van der Waals surface area contributed by atoms with Gasteiger partial charge in [-0.3, -0.25) is 4.90 Å². The SMILES string of the molecule is CCN(CC)CCOC(=O)C1=CO[C@@H](C)[C@H]2CN3CCC4c5cc(C)c(OC)cc5N(C)C4[C@@H]3C[C@H]12. The summed E-state index contributed by atoms with van der Waals surface area (Å²) in [5, 5.41) is 0. The molecule has 7 heteroatoms. The molecule has 6 atom stereocenters. The van der Waals surface area contributed by atoms with E-state index in [2.05, 4.69) is 61.6 Å². The normalized spacial score (nSPS) is 31.1. The van der Waals surface area contributed by atoms with Crippen molar-refractivity contribution in [3.8, 4) is 5.75 Å². The Morgan fingerprint density at radius 3 is 2.72 bits per heavy atom. The smallest absolute Gasteiger partial charge is 0.337 e. The molecule has 4 aliphatic rings. The monoisotopic (exact) mass is 497 g/mol. The van der Waals surface area contributed by atoms with Gasteiger partial charge in [0.15, 0.2) is 0 Å². The third kappa shape index (κ3) is 4.28. The molecule has 4 aliphatic heterocycles. The number of aryl methyl sites for hydroxylation is 1. The molecule has 7 nitrogen and oxygen atoms in total. The van der Waals surface area contributed by atoms with E-state index in [1.165, 1.54) is 16.8 Å². The van der Waals surface area contributed by atoms with Crippen molar-refractivity contribution in [2.45, 2.75) is 64.6 Å². The van der Waals surface area contributed by atoms with Crippen LogP contribution in [0.25, 0.3) is 0 Å². The van der Waals surface area contributed by atoms with Crippen molar-refractivity contribution in [2.75, 3.05) is 58.4 Å². The lowest BCUT2D eigenvalue weighted by molar-refractivity contribution is -0.142. The maximum atomic E-state index is 13.2. The molecule has 0 bridgehead atoms. The Morgan fingerprint density at radius 1 is 1.22 bits per heavy atom. The van der Waals surface area contributed by atoms with E-state index in [0.29, 0.717) is 30.5 Å². The van der Waals surface area contributed by atoms with Crippen LogP contribution in [0.5, 0.6) is 5.75 Å². The molecule has 0 radical (unpaired) electrons. The number of rotatable bonds is 7. The number of fused-ring (bicyclic) bond motifs is 6. The first-order valence-corrected chi connectivity index (χ1v) is 13.8. The Kier molecular flexibility index (Phi) is 7.23. The van der Waals surface area contributed by atoms with Crippen LogP contribution in [-0.2, 0) is 14.3 Å². The number of benzene rings is 1. The molecule has 2 saturated heterocycles. The lowest BCUT2D eigenvalue weighted by Crippen LogP contribution is -2.62. The standard InChI is InChI=1S/C29H43N3O4/c1-7-31(8-2)11-12-35-29(33)24-17-36-19(4)23-16-32-10-9-20-22-13-18(3)27(34-6)15-25(22)30(5)28(20)26(32)14-21(23)24/h13,15,17,19-21,23,26,28H,7-12,14,16H2,1-6H3/t19-,20?,21-,23+,26-,28?/m0/s1. The van der Waals surface area contributed by atoms with Gasteiger partial charge >= 0.3 is 5.97 Å². The lowest BCUT2D eigenvalue weighted by Gasteiger charge is -2.54. The molecular formula is C29H43N3O4. The summed E-state index contributed by atoms with van der Waals surface area (Å²) < 4.78 is 17.4. The number of anilines is 1. The predicted octanol–water partition coefficient (Wildman–Crippen LogP) is 3.80. The summed E-state index contributed by atoms with van der Waals surface area (Å²) in [6.45, 7) is 13.7. The van der Waals surface area contributed by atoms with Gasteiger partial charge in [0.2, 0.25) is 0 Å². The second kappa shape index (κ2) is 10.3. The molecule has 0 N–H and O–H groups in total. The van der Waals surface area contributed by atoms with Crippen LogP contribution < -0.4 is 9.64 Å². The first-order valence-electron chi connectivity index (χ1n) is 13.8. The fourth-order valence-electron chi connectivity index (χ4n) is 7.32. The third-order valence-electron chi connectivity index (χ3n) is 9.41. The van der Waals surface area contributed by atoms with Crippen LogP contribution in [0.1, 0.15) is 50.7 Å². The van der Waals surface area contributed by atoms with E-state index in [1.54, 1.807) is 13.4 Å². The van der Waals surface area contributed by atoms with E-state index in [1.807, 2.05) is 0 Å². The Morgan fingerprint density at radius 2 is 2.00 bits per heavy atom. The average Bonchev–Trinajstić information content (AvgIpc) is 3.16. The van der Waals surface area contributed by atoms with Crippen LogP contribution in [0.3, 0.4) is 0 Å². The third-order valence-corrected chi connectivity index (χ3v) is 9.41. The van der Waals surface area contributed by atoms with Gasteiger partial charge in [-0.1, -0.05) is 13.8 Å². The topological polar surface area (TPSA) is 54.5 Å². The van der Waals surface area contributed by atoms with E-state index >= 15 is 0 Å². The lowest BCUT2D eigenvalue weighted by atomic mass is 9.69. The second-order valence-electron chi connectivity index (χ2n) is 11.0. The molecular weight excluding hydrogens is 454 g/mol. The Bertz CT molecular complexity index is 1010. The van der Waals surface area contributed by atoms with Crippen molar-refractivity contribution in [3.05, 3.63) is 35.1 Å². The van der Waals surface area contributed by atoms with Crippen LogP contribution in [-0.4, -0.2) is 87.4 Å². The predicted molar refractivity (Wildman–Crippen MR) is 142 cm³/mol. The van der Waals surface area contributed by atoms with Gasteiger partial charge < -0.3 is 24.0 Å². The minimum absolute atomic E-state index is 0.103. The maximum absolute atomic E-state index is 13.2. The number of nitrogens with zero attached hydrogens (tertiary/aromatic N) is 3. The van der Waals surface area contributed by atoms with Gasteiger partial charge in [-0.15, -0.1) is 0 Å². The van der Waals surface area contributed by atoms with Gasteiger partial charge in [-0.2, -0.15) is 0 Å². The number of likely N-dealkylation sites (N-methyl/N-ethyl adjacent to an activating group) is 2. The van der Waals surface area contributed by atoms with Crippen molar-refractivity contribution in [3.63, 3.8) is 0 Å². The van der Waals surface area contributed by atoms with Crippen molar-refractivity contribution < 1.29 is 19.0 Å². The zero-order chi connectivity index (χ0) is 25.6. The Balaban J connectivity index is 1.36. The summed E-state index contributed by atoms with van der Waals surface area (Å²) in [4.78, 5) is 20.7. The highest BCUT2D eigenvalue weighted by molar-refractivity contribution is 5.89. The van der Waals surface area contributed by atoms with E-state index in [0.717, 1.165) is 56.9 Å². The number of carbonyl (C=O) groups is 1. The molecule has 1 aromatic rings. The molecule has 1 aromatic carbocycles. The summed E-state index contributed by atoms with van der Waals surface area (Å²) in [5.41, 5.74) is 4.68. The molecule has 36 heavy (non-hydrogen) atoms. The van der Waals surface area contributed by atoms with Crippen molar-refractivity contribution in [2.24, 2.45) is 11.8 Å². The van der Waals surface area contributed by atoms with Crippen LogP contribution in [0.15, 0.2) is 24.0 Å². The second-order valence-corrected chi connectivity index (χ2v) is 11.0. The van der Waals surface area contributed by atoms with Gasteiger partial charge in [-0.05, 0) is 63.5 Å². The maximum Gasteiger partial charge on any atom is 0.337 e. The van der Waals surface area contributed by atoms with Gasteiger partial charge in [0.25, 0.3) is 0 Å². The van der Waals surface area contributed by atoms with Crippen molar-refractivity contribution in [1.29, 1.82) is 0 Å². The summed E-state index contributed by atoms with van der Waals surface area (Å²) in [6.07, 6.45) is 3.94. The quantitative estimate of drug-likeness (QED) is 0.531. The highest BCUT2D eigenvalue weighted by Crippen LogP contribution is 2.52. The summed E-state index contributed by atoms with van der Waals surface area (Å²) in [5.74, 6) is 1.75. The summed E-state index contributed by atoms with van der Waals surface area (Å²) in [7, 11) is 3.99. The number of carbonyl (C=O) groups excluding carboxylic acids is 1. The molecule has 4 heterocycles. The minimum atomic E-state index is -0.201. The van der Waals surface area contributed by atoms with Gasteiger partial charge in [0.05, 0.1) is 31.1 Å². The van der Waals surface area contributed by atoms with E-state index < -0.39 is 0 Å². The molecule has 0 spiro atoms. The highest BCUT2D eigenvalue weighted by Gasteiger charge is 2.53. The molecule has 0 aliphatic carbocycles. The number of methoxy groups -OCH3 is 1. The molecule has 2 fully saturated rings. The molecule has 0 amide bonds. The zero-order valence-electron chi connectivity index (χ0n) is 22.8. The van der Waals surface area contributed by atoms with E-state index in [-0.39, 0.29) is 18.0 Å².